The van der Waals surface area contributed by atoms with Crippen molar-refractivity contribution in [1.82, 2.24) is 4.90 Å². The number of nitrogens with one attached hydrogen (secondary N) is 2. The maximum atomic E-state index is 12.4. The summed E-state index contributed by atoms with van der Waals surface area (Å²) in [4.78, 5) is 28.6. The van der Waals surface area contributed by atoms with Gasteiger partial charge in [0.25, 0.3) is 11.8 Å². The molecule has 132 valence electrons. The fourth-order valence-corrected chi connectivity index (χ4v) is 3.87. The molecule has 0 radical (unpaired) electrons. The molecule has 1 aromatic heterocycles. The highest BCUT2D eigenvalue weighted by molar-refractivity contribution is 7.12. The van der Waals surface area contributed by atoms with Crippen molar-refractivity contribution in [3.05, 3.63) is 51.7 Å². The number of thiophene rings is 1. The number of quaternary nitrogens is 1. The molecule has 1 aliphatic heterocycles. The summed E-state index contributed by atoms with van der Waals surface area (Å²) in [5.41, 5.74) is 3.07. The van der Waals surface area contributed by atoms with E-state index in [1.807, 2.05) is 54.5 Å². The highest BCUT2D eigenvalue weighted by Crippen LogP contribution is 2.19. The summed E-state index contributed by atoms with van der Waals surface area (Å²) in [6.07, 6.45) is 0. The molecule has 1 fully saturated rings. The van der Waals surface area contributed by atoms with Gasteiger partial charge in [-0.1, -0.05) is 24.3 Å². The molecule has 2 heterocycles. The van der Waals surface area contributed by atoms with Crippen molar-refractivity contribution in [2.45, 2.75) is 13.8 Å². The van der Waals surface area contributed by atoms with Crippen LogP contribution < -0.4 is 10.2 Å². The van der Waals surface area contributed by atoms with Crippen LogP contribution in [0.3, 0.4) is 0 Å². The van der Waals surface area contributed by atoms with E-state index < -0.39 is 0 Å². The molecular weight excluding hydrogens is 334 g/mol. The Bertz CT molecular complexity index is 730. The van der Waals surface area contributed by atoms with E-state index in [9.17, 15) is 9.59 Å². The molecule has 0 aliphatic carbocycles. The standard InChI is InChI=1S/C19H23N3O2S/c1-14-5-3-6-15(2)18(14)20-17(23)13-21-8-10-22(11-9-21)19(24)16-7-4-12-25-16/h3-7,12H,8-11,13H2,1-2H3,(H,20,23)/p+1. The smallest absolute Gasteiger partial charge is 0.279 e. The third-order valence-corrected chi connectivity index (χ3v) is 5.50. The van der Waals surface area contributed by atoms with Crippen molar-refractivity contribution in [1.29, 1.82) is 0 Å². The molecule has 5 nitrogen and oxygen atoms in total. The fourth-order valence-electron chi connectivity index (χ4n) is 3.18. The molecule has 2 N–H and O–H groups in total. The number of hydrogen-bond acceptors (Lipinski definition) is 3. The Morgan fingerprint density at radius 2 is 1.80 bits per heavy atom. The van der Waals surface area contributed by atoms with Gasteiger partial charge in [0, 0.05) is 5.69 Å². The average Bonchev–Trinajstić information content (AvgIpc) is 3.13. The van der Waals surface area contributed by atoms with Crippen LogP contribution in [0.2, 0.25) is 0 Å². The highest BCUT2D eigenvalue weighted by Gasteiger charge is 2.26. The van der Waals surface area contributed by atoms with Gasteiger partial charge in [0.2, 0.25) is 0 Å². The third-order valence-electron chi connectivity index (χ3n) is 4.65. The summed E-state index contributed by atoms with van der Waals surface area (Å²) >= 11 is 1.48. The van der Waals surface area contributed by atoms with E-state index in [0.29, 0.717) is 19.6 Å². The maximum Gasteiger partial charge on any atom is 0.279 e. The lowest BCUT2D eigenvalue weighted by Gasteiger charge is -2.31. The van der Waals surface area contributed by atoms with Crippen LogP contribution in [0.5, 0.6) is 0 Å². The van der Waals surface area contributed by atoms with Crippen molar-refractivity contribution in [3.63, 3.8) is 0 Å². The van der Waals surface area contributed by atoms with Crippen LogP contribution in [0, 0.1) is 13.8 Å². The molecule has 0 unspecified atom stereocenters. The van der Waals surface area contributed by atoms with Crippen molar-refractivity contribution in [2.75, 3.05) is 38.0 Å². The minimum absolute atomic E-state index is 0.0328. The van der Waals surface area contributed by atoms with E-state index in [4.69, 9.17) is 0 Å². The molecule has 25 heavy (non-hydrogen) atoms. The molecule has 2 amide bonds. The number of nitrogens with zero attached hydrogens (tertiary/aromatic N) is 1. The SMILES string of the molecule is Cc1cccc(C)c1NC(=O)C[NH+]1CCN(C(=O)c2cccs2)CC1. The second-order valence-electron chi connectivity index (χ2n) is 6.51. The first-order chi connectivity index (χ1) is 12.0. The van der Waals surface area contributed by atoms with Gasteiger partial charge in [-0.05, 0) is 36.4 Å². The normalized spacial score (nSPS) is 15.2. The van der Waals surface area contributed by atoms with Crippen LogP contribution in [0.4, 0.5) is 5.69 Å². The molecular formula is C19H24N3O2S+. The van der Waals surface area contributed by atoms with Crippen molar-refractivity contribution < 1.29 is 14.5 Å². The van der Waals surface area contributed by atoms with Gasteiger partial charge in [0.1, 0.15) is 0 Å². The van der Waals surface area contributed by atoms with Gasteiger partial charge >= 0.3 is 0 Å². The summed E-state index contributed by atoms with van der Waals surface area (Å²) < 4.78 is 0. The average molecular weight is 358 g/mol. The molecule has 0 atom stereocenters. The summed E-state index contributed by atoms with van der Waals surface area (Å²) in [5.74, 6) is 0.138. The number of amides is 2. The Labute approximate surface area is 152 Å². The number of carbonyl (C=O) groups excluding carboxylic acids is 2. The van der Waals surface area contributed by atoms with E-state index in [1.54, 1.807) is 0 Å². The van der Waals surface area contributed by atoms with E-state index in [0.717, 1.165) is 34.8 Å². The minimum Gasteiger partial charge on any atom is -0.327 e. The molecule has 0 saturated carbocycles. The van der Waals surface area contributed by atoms with Crippen LogP contribution in [-0.4, -0.2) is 49.4 Å². The zero-order valence-electron chi connectivity index (χ0n) is 14.7. The lowest BCUT2D eigenvalue weighted by Crippen LogP contribution is -3.15. The van der Waals surface area contributed by atoms with E-state index in [2.05, 4.69) is 5.32 Å². The quantitative estimate of drug-likeness (QED) is 0.867. The zero-order chi connectivity index (χ0) is 17.8. The lowest BCUT2D eigenvalue weighted by molar-refractivity contribution is -0.895. The summed E-state index contributed by atoms with van der Waals surface area (Å²) in [7, 11) is 0. The summed E-state index contributed by atoms with van der Waals surface area (Å²) in [6.45, 7) is 7.45. The number of aryl methyl sites for hydroxylation is 2. The van der Waals surface area contributed by atoms with Gasteiger partial charge in [0.05, 0.1) is 31.1 Å². The van der Waals surface area contributed by atoms with Gasteiger partial charge < -0.3 is 15.1 Å². The van der Waals surface area contributed by atoms with Crippen LogP contribution in [0.15, 0.2) is 35.7 Å². The van der Waals surface area contributed by atoms with Crippen LogP contribution in [0.1, 0.15) is 20.8 Å². The number of piperazine rings is 1. The number of hydrogen-bond donors (Lipinski definition) is 2. The summed E-state index contributed by atoms with van der Waals surface area (Å²) in [5, 5.41) is 4.97. The predicted molar refractivity (Wildman–Crippen MR) is 100 cm³/mol. The number of anilines is 1. The monoisotopic (exact) mass is 358 g/mol. The second kappa shape index (κ2) is 7.80. The highest BCUT2D eigenvalue weighted by atomic mass is 32.1. The fraction of sp³-hybridized carbons (Fsp3) is 0.368. The van der Waals surface area contributed by atoms with E-state index >= 15 is 0 Å². The van der Waals surface area contributed by atoms with Gasteiger partial charge in [-0.3, -0.25) is 9.59 Å². The molecule has 0 bridgehead atoms. The molecule has 6 heteroatoms. The first-order valence-corrected chi connectivity index (χ1v) is 9.45. The maximum absolute atomic E-state index is 12.4. The number of rotatable bonds is 4. The largest absolute Gasteiger partial charge is 0.327 e. The first-order valence-electron chi connectivity index (χ1n) is 8.57. The van der Waals surface area contributed by atoms with E-state index in [1.165, 1.54) is 16.2 Å². The first kappa shape index (κ1) is 17.6. The minimum atomic E-state index is 0.0328. The zero-order valence-corrected chi connectivity index (χ0v) is 15.5. The van der Waals surface area contributed by atoms with Crippen LogP contribution in [0.25, 0.3) is 0 Å². The summed E-state index contributed by atoms with van der Waals surface area (Å²) in [6, 6.07) is 9.77. The topological polar surface area (TPSA) is 53.9 Å². The lowest BCUT2D eigenvalue weighted by atomic mass is 10.1. The molecule has 1 aromatic carbocycles. The Morgan fingerprint density at radius 1 is 1.12 bits per heavy atom. The Morgan fingerprint density at radius 3 is 2.40 bits per heavy atom. The number of para-hydroxylation sites is 1. The number of benzene rings is 1. The third kappa shape index (κ3) is 4.27. The second-order valence-corrected chi connectivity index (χ2v) is 7.46. The molecule has 0 spiro atoms. The van der Waals surface area contributed by atoms with E-state index in [-0.39, 0.29) is 11.8 Å². The molecule has 1 saturated heterocycles. The van der Waals surface area contributed by atoms with Gasteiger partial charge in [-0.15, -0.1) is 11.3 Å². The number of carbonyl (C=O) groups is 2. The Kier molecular flexibility index (Phi) is 5.50. The Hall–Kier alpha value is -2.18. The van der Waals surface area contributed by atoms with Crippen molar-refractivity contribution in [2.24, 2.45) is 0 Å². The van der Waals surface area contributed by atoms with Gasteiger partial charge in [-0.2, -0.15) is 0 Å². The predicted octanol–water partition coefficient (Wildman–Crippen LogP) is 1.34. The van der Waals surface area contributed by atoms with Crippen molar-refractivity contribution >= 4 is 28.8 Å². The van der Waals surface area contributed by atoms with Crippen LogP contribution >= 0.6 is 11.3 Å². The molecule has 1 aliphatic rings. The van der Waals surface area contributed by atoms with Crippen molar-refractivity contribution in [3.8, 4) is 0 Å². The van der Waals surface area contributed by atoms with Gasteiger partial charge in [-0.25, -0.2) is 0 Å². The molecule has 3 rings (SSSR count). The van der Waals surface area contributed by atoms with Crippen LogP contribution in [-0.2, 0) is 4.79 Å². The molecule has 2 aromatic rings. The Balaban J connectivity index is 1.50. The van der Waals surface area contributed by atoms with Gasteiger partial charge in [0.15, 0.2) is 6.54 Å².